The van der Waals surface area contributed by atoms with Crippen molar-refractivity contribution in [1.82, 2.24) is 14.7 Å². The lowest BCUT2D eigenvalue weighted by molar-refractivity contribution is -0.137. The van der Waals surface area contributed by atoms with Crippen molar-refractivity contribution < 1.29 is 14.4 Å². The quantitative estimate of drug-likeness (QED) is 0.843. The van der Waals surface area contributed by atoms with Gasteiger partial charge in [-0.05, 0) is 31.2 Å². The molecule has 2 amide bonds. The topological polar surface area (TPSA) is 98.3 Å². The van der Waals surface area contributed by atoms with Crippen molar-refractivity contribution in [1.29, 1.82) is 0 Å². The maximum Gasteiger partial charge on any atom is 0.269 e. The molecule has 2 N–H and O–H groups in total. The summed E-state index contributed by atoms with van der Waals surface area (Å²) in [7, 11) is 0. The van der Waals surface area contributed by atoms with Crippen LogP contribution in [0, 0.1) is 5.92 Å². The molecule has 7 nitrogen and oxygen atoms in total. The van der Waals surface area contributed by atoms with E-state index in [1.54, 1.807) is 17.0 Å². The summed E-state index contributed by atoms with van der Waals surface area (Å²) in [5.41, 5.74) is 6.26. The first-order chi connectivity index (χ1) is 12.1. The molecule has 4 rings (SSSR count). The van der Waals surface area contributed by atoms with E-state index < -0.39 is 5.91 Å². The number of nitrogens with two attached hydrogens (primary N) is 1. The van der Waals surface area contributed by atoms with Gasteiger partial charge in [0, 0.05) is 11.4 Å². The minimum absolute atomic E-state index is 0.00134. The van der Waals surface area contributed by atoms with Crippen LogP contribution in [-0.4, -0.2) is 44.9 Å². The lowest BCUT2D eigenvalue weighted by atomic mass is 10.0. The van der Waals surface area contributed by atoms with Gasteiger partial charge in [-0.3, -0.25) is 14.3 Å². The molecular formula is C18H20N4O3. The molecule has 3 unspecified atom stereocenters. The molecule has 2 heterocycles. The van der Waals surface area contributed by atoms with Gasteiger partial charge in [0.25, 0.3) is 5.91 Å². The molecule has 1 aliphatic heterocycles. The number of fused-ring (bicyclic) bond motifs is 2. The minimum atomic E-state index is -0.620. The van der Waals surface area contributed by atoms with E-state index in [4.69, 9.17) is 5.73 Å². The van der Waals surface area contributed by atoms with Gasteiger partial charge in [-0.25, -0.2) is 0 Å². The molecule has 1 saturated heterocycles. The monoisotopic (exact) mass is 340 g/mol. The molecule has 0 spiro atoms. The Hall–Kier alpha value is -2.70. The van der Waals surface area contributed by atoms with Crippen LogP contribution in [0.25, 0.3) is 10.9 Å². The zero-order valence-corrected chi connectivity index (χ0v) is 13.8. The number of benzene rings is 1. The largest absolute Gasteiger partial charge is 0.364 e. The Balaban J connectivity index is 1.66. The summed E-state index contributed by atoms with van der Waals surface area (Å²) in [4.78, 5) is 37.7. The number of aldehydes is 1. The third-order valence-corrected chi connectivity index (χ3v) is 5.50. The Morgan fingerprint density at radius 1 is 1.28 bits per heavy atom. The fraction of sp³-hybridized carbons (Fsp3) is 0.444. The molecule has 2 aliphatic rings. The molecule has 1 aromatic carbocycles. The van der Waals surface area contributed by atoms with Gasteiger partial charge in [0.05, 0.1) is 11.6 Å². The maximum atomic E-state index is 12.9. The highest BCUT2D eigenvalue weighted by Gasteiger charge is 2.45. The molecule has 0 radical (unpaired) electrons. The second kappa shape index (κ2) is 5.98. The molecule has 1 saturated carbocycles. The van der Waals surface area contributed by atoms with E-state index in [-0.39, 0.29) is 30.2 Å². The lowest BCUT2D eigenvalue weighted by Crippen LogP contribution is -2.43. The smallest absolute Gasteiger partial charge is 0.269 e. The van der Waals surface area contributed by atoms with Gasteiger partial charge in [0.1, 0.15) is 12.8 Å². The van der Waals surface area contributed by atoms with Crippen LogP contribution < -0.4 is 5.73 Å². The Morgan fingerprint density at radius 2 is 2.08 bits per heavy atom. The van der Waals surface area contributed by atoms with E-state index in [0.29, 0.717) is 16.8 Å². The molecule has 0 bridgehead atoms. The van der Waals surface area contributed by atoms with Crippen molar-refractivity contribution in [2.75, 3.05) is 0 Å². The van der Waals surface area contributed by atoms with Crippen LogP contribution in [0.5, 0.6) is 0 Å². The van der Waals surface area contributed by atoms with Crippen LogP contribution in [0.3, 0.4) is 0 Å². The number of carbonyl (C=O) groups excluding carboxylic acids is 3. The highest BCUT2D eigenvalue weighted by Crippen LogP contribution is 2.40. The summed E-state index contributed by atoms with van der Waals surface area (Å²) in [5, 5.41) is 4.88. The zero-order valence-electron chi connectivity index (χ0n) is 13.8. The molecule has 25 heavy (non-hydrogen) atoms. The first kappa shape index (κ1) is 15.8. The predicted octanol–water partition coefficient (Wildman–Crippen LogP) is 1.10. The standard InChI is InChI=1S/C18H20N4O3/c19-18(25)17-13-5-1-2-6-15(13)21(20-17)9-16(24)22-12(10-23)8-11-4-3-7-14(11)22/h1-2,5-6,10-12,14H,3-4,7-9H2,(H2,19,25). The third-order valence-electron chi connectivity index (χ3n) is 5.50. The summed E-state index contributed by atoms with van der Waals surface area (Å²) in [6.07, 6.45) is 4.77. The first-order valence-corrected chi connectivity index (χ1v) is 8.62. The molecule has 3 atom stereocenters. The number of nitrogens with zero attached hydrogens (tertiary/aromatic N) is 3. The van der Waals surface area contributed by atoms with E-state index in [1.807, 2.05) is 12.1 Å². The van der Waals surface area contributed by atoms with Crippen molar-refractivity contribution in [2.45, 2.75) is 44.3 Å². The lowest BCUT2D eigenvalue weighted by Gasteiger charge is -2.27. The highest BCUT2D eigenvalue weighted by atomic mass is 16.2. The van der Waals surface area contributed by atoms with Crippen molar-refractivity contribution in [3.8, 4) is 0 Å². The zero-order chi connectivity index (χ0) is 17.6. The van der Waals surface area contributed by atoms with Crippen molar-refractivity contribution in [3.63, 3.8) is 0 Å². The number of para-hydroxylation sites is 1. The third kappa shape index (κ3) is 2.50. The second-order valence-electron chi connectivity index (χ2n) is 6.89. The van der Waals surface area contributed by atoms with Crippen LogP contribution >= 0.6 is 0 Å². The normalized spacial score (nSPS) is 25.3. The highest BCUT2D eigenvalue weighted by molar-refractivity contribution is 6.04. The predicted molar refractivity (Wildman–Crippen MR) is 90.7 cm³/mol. The van der Waals surface area contributed by atoms with E-state index in [9.17, 15) is 14.4 Å². The molecule has 2 aromatic rings. The minimum Gasteiger partial charge on any atom is -0.364 e. The SMILES string of the molecule is NC(=O)c1nn(CC(=O)N2C(C=O)CC3CCCC32)c2ccccc12. The summed E-state index contributed by atoms with van der Waals surface area (Å²) >= 11 is 0. The number of rotatable bonds is 4. The van der Waals surface area contributed by atoms with Crippen molar-refractivity contribution >= 4 is 29.0 Å². The average Bonchev–Trinajstić information content (AvgIpc) is 3.27. The van der Waals surface area contributed by atoms with E-state index in [1.165, 1.54) is 4.68 Å². The van der Waals surface area contributed by atoms with Gasteiger partial charge >= 0.3 is 0 Å². The number of primary amides is 1. The second-order valence-corrected chi connectivity index (χ2v) is 6.89. The summed E-state index contributed by atoms with van der Waals surface area (Å²) in [6.45, 7) is 0.00134. The number of hydrogen-bond donors (Lipinski definition) is 1. The van der Waals surface area contributed by atoms with Crippen molar-refractivity contribution in [3.05, 3.63) is 30.0 Å². The van der Waals surface area contributed by atoms with Crippen LogP contribution in [-0.2, 0) is 16.1 Å². The maximum absolute atomic E-state index is 12.9. The van der Waals surface area contributed by atoms with Gasteiger partial charge in [-0.1, -0.05) is 24.6 Å². The van der Waals surface area contributed by atoms with Crippen LogP contribution in [0.15, 0.2) is 24.3 Å². The van der Waals surface area contributed by atoms with Gasteiger partial charge in [-0.15, -0.1) is 0 Å². The average molecular weight is 340 g/mol. The Bertz CT molecular complexity index is 859. The van der Waals surface area contributed by atoms with Crippen LogP contribution in [0.4, 0.5) is 0 Å². The van der Waals surface area contributed by atoms with Gasteiger partial charge in [-0.2, -0.15) is 5.10 Å². The Labute approximate surface area is 144 Å². The molecule has 7 heteroatoms. The van der Waals surface area contributed by atoms with Gasteiger partial charge in [0.2, 0.25) is 5.91 Å². The summed E-state index contributed by atoms with van der Waals surface area (Å²) < 4.78 is 1.52. The van der Waals surface area contributed by atoms with Gasteiger partial charge in [0.15, 0.2) is 5.69 Å². The summed E-state index contributed by atoms with van der Waals surface area (Å²) in [5.74, 6) is -0.323. The van der Waals surface area contributed by atoms with Gasteiger partial charge < -0.3 is 15.4 Å². The van der Waals surface area contributed by atoms with E-state index in [2.05, 4.69) is 5.10 Å². The van der Waals surface area contributed by atoms with Crippen LogP contribution in [0.1, 0.15) is 36.2 Å². The molecule has 1 aromatic heterocycles. The molecule has 2 fully saturated rings. The fourth-order valence-electron chi connectivity index (χ4n) is 4.46. The molecule has 130 valence electrons. The number of amides is 2. The van der Waals surface area contributed by atoms with E-state index in [0.717, 1.165) is 32.0 Å². The van der Waals surface area contributed by atoms with Crippen LogP contribution in [0.2, 0.25) is 0 Å². The first-order valence-electron chi connectivity index (χ1n) is 8.62. The Kier molecular flexibility index (Phi) is 3.78. The number of carbonyl (C=O) groups is 3. The number of aromatic nitrogens is 2. The number of likely N-dealkylation sites (tertiary alicyclic amines) is 1. The fourth-order valence-corrected chi connectivity index (χ4v) is 4.46. The molecule has 1 aliphatic carbocycles. The Morgan fingerprint density at radius 3 is 2.84 bits per heavy atom. The molecular weight excluding hydrogens is 320 g/mol. The number of hydrogen-bond acceptors (Lipinski definition) is 4. The van der Waals surface area contributed by atoms with E-state index >= 15 is 0 Å². The van der Waals surface area contributed by atoms with Crippen molar-refractivity contribution in [2.24, 2.45) is 11.7 Å². The summed E-state index contributed by atoms with van der Waals surface area (Å²) in [6, 6.07) is 7.00.